The third-order valence-corrected chi connectivity index (χ3v) is 2.84. The molecule has 0 amide bonds. The van der Waals surface area contributed by atoms with E-state index in [-0.39, 0.29) is 11.4 Å². The summed E-state index contributed by atoms with van der Waals surface area (Å²) in [6, 6.07) is 7.72. The Morgan fingerprint density at radius 3 is 2.83 bits per heavy atom. The Morgan fingerprint density at radius 2 is 2.22 bits per heavy atom. The van der Waals surface area contributed by atoms with E-state index in [1.165, 1.54) is 6.20 Å². The topological polar surface area (TPSA) is 89.1 Å². The third kappa shape index (κ3) is 2.84. The zero-order valence-corrected chi connectivity index (χ0v) is 10.9. The lowest BCUT2D eigenvalue weighted by Crippen LogP contribution is -2.08. The number of rotatable bonds is 3. The number of hydrogen-bond donors (Lipinski definition) is 2. The number of carboxylic acids is 1. The fourth-order valence-electron chi connectivity index (χ4n) is 1.51. The molecule has 0 saturated carbocycles. The lowest BCUT2D eigenvalue weighted by atomic mass is 10.1. The number of hydrogen-bond acceptors (Lipinski definition) is 4. The fraction of sp³-hybridized carbons (Fsp3) is 0.0833. The Hall–Kier alpha value is -1.95. The first kappa shape index (κ1) is 12.5. The minimum atomic E-state index is -1.12. The van der Waals surface area contributed by atoms with Crippen LogP contribution in [0.4, 0.5) is 5.82 Å². The summed E-state index contributed by atoms with van der Waals surface area (Å²) in [4.78, 5) is 18.8. The van der Waals surface area contributed by atoms with Crippen molar-refractivity contribution >= 4 is 27.7 Å². The van der Waals surface area contributed by atoms with Crippen LogP contribution in [-0.4, -0.2) is 21.0 Å². The van der Waals surface area contributed by atoms with Crippen molar-refractivity contribution in [2.24, 2.45) is 0 Å². The molecule has 0 bridgehead atoms. The lowest BCUT2D eigenvalue weighted by molar-refractivity contribution is 0.0697. The van der Waals surface area contributed by atoms with Gasteiger partial charge in [-0.3, -0.25) is 0 Å². The minimum Gasteiger partial charge on any atom is -0.477 e. The van der Waals surface area contributed by atoms with Gasteiger partial charge in [-0.1, -0.05) is 28.1 Å². The van der Waals surface area contributed by atoms with Gasteiger partial charge in [0.2, 0.25) is 0 Å². The number of aromatic nitrogens is 2. The van der Waals surface area contributed by atoms with E-state index in [4.69, 9.17) is 10.8 Å². The second-order valence-electron chi connectivity index (χ2n) is 3.70. The first-order valence-corrected chi connectivity index (χ1v) is 5.94. The molecule has 0 aliphatic carbocycles. The first-order chi connectivity index (χ1) is 8.56. The van der Waals surface area contributed by atoms with Crippen molar-refractivity contribution in [2.75, 3.05) is 5.73 Å². The monoisotopic (exact) mass is 307 g/mol. The van der Waals surface area contributed by atoms with E-state index in [9.17, 15) is 4.79 Å². The number of halogens is 1. The highest BCUT2D eigenvalue weighted by atomic mass is 79.9. The molecule has 0 atom stereocenters. The minimum absolute atomic E-state index is 0.0116. The molecule has 5 nitrogen and oxygen atoms in total. The van der Waals surface area contributed by atoms with E-state index in [1.54, 1.807) is 0 Å². The average Bonchev–Trinajstić information content (AvgIpc) is 2.28. The van der Waals surface area contributed by atoms with Gasteiger partial charge in [-0.05, 0) is 17.7 Å². The summed E-state index contributed by atoms with van der Waals surface area (Å²) in [7, 11) is 0. The summed E-state index contributed by atoms with van der Waals surface area (Å²) in [6.45, 7) is 0. The number of carbonyl (C=O) groups is 1. The maximum atomic E-state index is 10.8. The molecular formula is C12H10BrN3O2. The van der Waals surface area contributed by atoms with Crippen LogP contribution >= 0.6 is 15.9 Å². The van der Waals surface area contributed by atoms with Crippen molar-refractivity contribution in [1.82, 2.24) is 9.97 Å². The van der Waals surface area contributed by atoms with Crippen LogP contribution in [0.5, 0.6) is 0 Å². The smallest absolute Gasteiger partial charge is 0.341 e. The normalized spacial score (nSPS) is 10.3. The molecule has 2 aromatic rings. The Kier molecular flexibility index (Phi) is 3.57. The molecule has 0 radical (unpaired) electrons. The highest BCUT2D eigenvalue weighted by Crippen LogP contribution is 2.15. The molecule has 3 N–H and O–H groups in total. The van der Waals surface area contributed by atoms with Crippen LogP contribution in [0.2, 0.25) is 0 Å². The van der Waals surface area contributed by atoms with Crippen molar-refractivity contribution < 1.29 is 9.90 Å². The van der Waals surface area contributed by atoms with Crippen molar-refractivity contribution in [1.29, 1.82) is 0 Å². The van der Waals surface area contributed by atoms with Gasteiger partial charge in [0.05, 0.1) is 0 Å². The summed E-state index contributed by atoms with van der Waals surface area (Å²) >= 11 is 3.38. The van der Waals surface area contributed by atoms with Gasteiger partial charge < -0.3 is 10.8 Å². The molecule has 0 aliphatic heterocycles. The number of anilines is 1. The summed E-state index contributed by atoms with van der Waals surface area (Å²) in [5.74, 6) is -0.639. The SMILES string of the molecule is Nc1nc(Cc2cccc(Br)c2)ncc1C(=O)O. The van der Waals surface area contributed by atoms with Crippen LogP contribution in [0.1, 0.15) is 21.7 Å². The van der Waals surface area contributed by atoms with Crippen LogP contribution in [0.3, 0.4) is 0 Å². The second kappa shape index (κ2) is 5.14. The van der Waals surface area contributed by atoms with Gasteiger partial charge >= 0.3 is 5.97 Å². The molecule has 92 valence electrons. The maximum Gasteiger partial charge on any atom is 0.341 e. The van der Waals surface area contributed by atoms with E-state index in [0.29, 0.717) is 12.2 Å². The number of nitrogens with zero attached hydrogens (tertiary/aromatic N) is 2. The molecule has 0 saturated heterocycles. The number of carboxylic acid groups (broad SMARTS) is 1. The van der Waals surface area contributed by atoms with Crippen molar-refractivity contribution in [2.45, 2.75) is 6.42 Å². The van der Waals surface area contributed by atoms with Crippen LogP contribution in [0, 0.1) is 0 Å². The van der Waals surface area contributed by atoms with E-state index in [0.717, 1.165) is 10.0 Å². The molecular weight excluding hydrogens is 298 g/mol. The summed E-state index contributed by atoms with van der Waals surface area (Å²) in [5, 5.41) is 8.82. The standard InChI is InChI=1S/C12H10BrN3O2/c13-8-3-1-2-7(4-8)5-10-15-6-9(12(17)18)11(14)16-10/h1-4,6H,5H2,(H,17,18)(H2,14,15,16). The summed E-state index contributed by atoms with van der Waals surface area (Å²) < 4.78 is 0.968. The number of nitrogens with two attached hydrogens (primary N) is 1. The quantitative estimate of drug-likeness (QED) is 0.906. The van der Waals surface area contributed by atoms with Crippen molar-refractivity contribution in [3.05, 3.63) is 51.9 Å². The zero-order valence-electron chi connectivity index (χ0n) is 9.30. The molecule has 1 heterocycles. The van der Waals surface area contributed by atoms with E-state index >= 15 is 0 Å². The highest BCUT2D eigenvalue weighted by molar-refractivity contribution is 9.10. The van der Waals surface area contributed by atoms with Gasteiger partial charge in [0.15, 0.2) is 0 Å². The Bertz CT molecular complexity index is 602. The third-order valence-electron chi connectivity index (χ3n) is 2.35. The van der Waals surface area contributed by atoms with E-state index < -0.39 is 5.97 Å². The van der Waals surface area contributed by atoms with Gasteiger partial charge in [-0.15, -0.1) is 0 Å². The Morgan fingerprint density at radius 1 is 1.44 bits per heavy atom. The molecule has 0 unspecified atom stereocenters. The number of nitrogen functional groups attached to an aromatic ring is 1. The van der Waals surface area contributed by atoms with Crippen LogP contribution in [0.25, 0.3) is 0 Å². The molecule has 1 aromatic heterocycles. The van der Waals surface area contributed by atoms with Crippen LogP contribution < -0.4 is 5.73 Å². The summed E-state index contributed by atoms with van der Waals surface area (Å²) in [6.07, 6.45) is 1.74. The van der Waals surface area contributed by atoms with Gasteiger partial charge in [0.25, 0.3) is 0 Å². The molecule has 0 fully saturated rings. The van der Waals surface area contributed by atoms with Gasteiger partial charge in [0, 0.05) is 17.1 Å². The molecule has 2 rings (SSSR count). The van der Waals surface area contributed by atoms with Gasteiger partial charge in [-0.2, -0.15) is 0 Å². The fourth-order valence-corrected chi connectivity index (χ4v) is 1.96. The van der Waals surface area contributed by atoms with Gasteiger partial charge in [-0.25, -0.2) is 14.8 Å². The van der Waals surface area contributed by atoms with Crippen molar-refractivity contribution in [3.8, 4) is 0 Å². The molecule has 1 aromatic carbocycles. The number of benzene rings is 1. The second-order valence-corrected chi connectivity index (χ2v) is 4.61. The van der Waals surface area contributed by atoms with E-state index in [2.05, 4.69) is 25.9 Å². The Balaban J connectivity index is 2.25. The molecule has 6 heteroatoms. The largest absolute Gasteiger partial charge is 0.477 e. The predicted octanol–water partition coefficient (Wildman–Crippen LogP) is 2.11. The average molecular weight is 308 g/mol. The van der Waals surface area contributed by atoms with Gasteiger partial charge in [0.1, 0.15) is 17.2 Å². The molecule has 18 heavy (non-hydrogen) atoms. The van der Waals surface area contributed by atoms with E-state index in [1.807, 2.05) is 24.3 Å². The van der Waals surface area contributed by atoms with Crippen LogP contribution in [0.15, 0.2) is 34.9 Å². The maximum absolute atomic E-state index is 10.8. The Labute approximate surface area is 112 Å². The zero-order chi connectivity index (χ0) is 13.1. The van der Waals surface area contributed by atoms with Crippen molar-refractivity contribution in [3.63, 3.8) is 0 Å². The van der Waals surface area contributed by atoms with Crippen LogP contribution in [-0.2, 0) is 6.42 Å². The number of aromatic carboxylic acids is 1. The predicted molar refractivity (Wildman–Crippen MR) is 70.4 cm³/mol. The first-order valence-electron chi connectivity index (χ1n) is 5.15. The molecule has 0 spiro atoms. The highest BCUT2D eigenvalue weighted by Gasteiger charge is 2.11. The summed E-state index contributed by atoms with van der Waals surface area (Å²) in [5.41, 5.74) is 6.51. The lowest BCUT2D eigenvalue weighted by Gasteiger charge is -2.04. The molecule has 0 aliphatic rings.